The molecule has 0 amide bonds. The molecule has 20 heavy (non-hydrogen) atoms. The molecule has 1 aromatic carbocycles. The number of nitrogens with one attached hydrogen (secondary N) is 1. The van der Waals surface area contributed by atoms with Gasteiger partial charge in [0, 0.05) is 23.7 Å². The molecule has 3 heteroatoms. The summed E-state index contributed by atoms with van der Waals surface area (Å²) in [6.07, 6.45) is 6.77. The Morgan fingerprint density at radius 1 is 1.25 bits per heavy atom. The van der Waals surface area contributed by atoms with Gasteiger partial charge in [-0.2, -0.15) is 0 Å². The van der Waals surface area contributed by atoms with Crippen LogP contribution in [0.5, 0.6) is 0 Å². The van der Waals surface area contributed by atoms with Crippen molar-refractivity contribution in [2.75, 3.05) is 13.1 Å². The van der Waals surface area contributed by atoms with E-state index in [2.05, 4.69) is 29.3 Å². The Morgan fingerprint density at radius 3 is 2.90 bits per heavy atom. The van der Waals surface area contributed by atoms with E-state index in [9.17, 15) is 0 Å². The van der Waals surface area contributed by atoms with Crippen LogP contribution in [-0.2, 0) is 6.54 Å². The Bertz CT molecular complexity index is 454. The highest BCUT2D eigenvalue weighted by Gasteiger charge is 2.31. The largest absolute Gasteiger partial charge is 0.312 e. The summed E-state index contributed by atoms with van der Waals surface area (Å²) >= 11 is 6.07. The van der Waals surface area contributed by atoms with Gasteiger partial charge in [0.2, 0.25) is 0 Å². The summed E-state index contributed by atoms with van der Waals surface area (Å²) in [5.74, 6) is 0. The molecule has 3 rings (SSSR count). The molecule has 0 radical (unpaired) electrons. The van der Waals surface area contributed by atoms with E-state index in [0.29, 0.717) is 6.04 Å². The summed E-state index contributed by atoms with van der Waals surface area (Å²) in [5.41, 5.74) is 2.75. The number of halogens is 1. The summed E-state index contributed by atoms with van der Waals surface area (Å²) in [4.78, 5) is 2.70. The van der Waals surface area contributed by atoms with Crippen LogP contribution in [0, 0.1) is 6.92 Å². The number of aryl methyl sites for hydroxylation is 1. The number of nitrogens with zero attached hydrogens (tertiary/aromatic N) is 1. The predicted molar refractivity (Wildman–Crippen MR) is 85.3 cm³/mol. The quantitative estimate of drug-likeness (QED) is 0.913. The number of hydrogen-bond donors (Lipinski definition) is 1. The summed E-state index contributed by atoms with van der Waals surface area (Å²) in [6.45, 7) is 5.69. The van der Waals surface area contributed by atoms with E-state index >= 15 is 0 Å². The van der Waals surface area contributed by atoms with Gasteiger partial charge in [-0.3, -0.25) is 4.90 Å². The van der Waals surface area contributed by atoms with Crippen LogP contribution in [0.3, 0.4) is 0 Å². The van der Waals surface area contributed by atoms with Crippen LogP contribution in [0.4, 0.5) is 0 Å². The Hall–Kier alpha value is -0.570. The molecule has 0 bridgehead atoms. The monoisotopic (exact) mass is 292 g/mol. The zero-order chi connectivity index (χ0) is 13.9. The molecule has 2 aliphatic rings. The van der Waals surface area contributed by atoms with Crippen molar-refractivity contribution in [3.05, 3.63) is 34.3 Å². The highest BCUT2D eigenvalue weighted by Crippen LogP contribution is 2.27. The highest BCUT2D eigenvalue weighted by molar-refractivity contribution is 6.30. The molecule has 0 saturated carbocycles. The van der Waals surface area contributed by atoms with Crippen molar-refractivity contribution in [2.24, 2.45) is 0 Å². The van der Waals surface area contributed by atoms with Crippen LogP contribution >= 0.6 is 11.6 Å². The summed E-state index contributed by atoms with van der Waals surface area (Å²) in [7, 11) is 0. The van der Waals surface area contributed by atoms with Crippen molar-refractivity contribution in [2.45, 2.75) is 57.7 Å². The van der Waals surface area contributed by atoms with Crippen LogP contribution in [-0.4, -0.2) is 30.1 Å². The minimum atomic E-state index is 0.711. The molecule has 1 aromatic rings. The third-order valence-electron chi connectivity index (χ3n) is 4.91. The van der Waals surface area contributed by atoms with E-state index in [4.69, 9.17) is 11.6 Å². The second-order valence-corrected chi connectivity index (χ2v) is 6.74. The first kappa shape index (κ1) is 14.4. The number of piperidine rings is 1. The van der Waals surface area contributed by atoms with Crippen molar-refractivity contribution in [3.8, 4) is 0 Å². The van der Waals surface area contributed by atoms with Crippen LogP contribution < -0.4 is 5.32 Å². The molecule has 2 heterocycles. The number of rotatable bonds is 3. The van der Waals surface area contributed by atoms with Gasteiger partial charge >= 0.3 is 0 Å². The third kappa shape index (κ3) is 3.19. The Morgan fingerprint density at radius 2 is 2.15 bits per heavy atom. The Labute approximate surface area is 127 Å². The van der Waals surface area contributed by atoms with Gasteiger partial charge in [-0.05, 0) is 69.0 Å². The maximum absolute atomic E-state index is 6.07. The minimum absolute atomic E-state index is 0.711. The zero-order valence-corrected chi connectivity index (χ0v) is 13.1. The topological polar surface area (TPSA) is 15.3 Å². The molecule has 110 valence electrons. The first-order valence-electron chi connectivity index (χ1n) is 7.96. The van der Waals surface area contributed by atoms with Crippen LogP contribution in [0.2, 0.25) is 5.02 Å². The average molecular weight is 293 g/mol. The Kier molecular flexibility index (Phi) is 4.65. The molecule has 0 aliphatic carbocycles. The normalized spacial score (nSPS) is 27.9. The first-order valence-corrected chi connectivity index (χ1v) is 8.34. The van der Waals surface area contributed by atoms with E-state index in [1.807, 2.05) is 6.07 Å². The minimum Gasteiger partial charge on any atom is -0.312 e. The van der Waals surface area contributed by atoms with Gasteiger partial charge in [-0.15, -0.1) is 0 Å². The van der Waals surface area contributed by atoms with Crippen molar-refractivity contribution in [3.63, 3.8) is 0 Å². The number of hydrogen-bond acceptors (Lipinski definition) is 2. The first-order chi connectivity index (χ1) is 9.74. The average Bonchev–Trinajstić information content (AvgIpc) is 2.96. The van der Waals surface area contributed by atoms with Crippen LogP contribution in [0.25, 0.3) is 0 Å². The highest BCUT2D eigenvalue weighted by atomic mass is 35.5. The van der Waals surface area contributed by atoms with E-state index in [1.165, 1.54) is 56.3 Å². The standard InChI is InChI=1S/C17H25ClN2/c1-13-11-15(18)8-7-14(13)12-20-10-3-2-6-17(20)16-5-4-9-19-16/h7-8,11,16-17,19H,2-6,9-10,12H2,1H3. The zero-order valence-electron chi connectivity index (χ0n) is 12.4. The van der Waals surface area contributed by atoms with Crippen molar-refractivity contribution in [1.29, 1.82) is 0 Å². The van der Waals surface area contributed by atoms with Gasteiger partial charge in [0.25, 0.3) is 0 Å². The maximum Gasteiger partial charge on any atom is 0.0408 e. The van der Waals surface area contributed by atoms with Crippen molar-refractivity contribution >= 4 is 11.6 Å². The number of likely N-dealkylation sites (tertiary alicyclic amines) is 1. The molecule has 0 spiro atoms. The second-order valence-electron chi connectivity index (χ2n) is 6.31. The lowest BCUT2D eigenvalue weighted by Crippen LogP contribution is -2.49. The maximum atomic E-state index is 6.07. The fourth-order valence-corrected chi connectivity index (χ4v) is 3.99. The molecule has 2 fully saturated rings. The van der Waals surface area contributed by atoms with Gasteiger partial charge in [0.15, 0.2) is 0 Å². The lowest BCUT2D eigenvalue weighted by Gasteiger charge is -2.39. The molecule has 2 unspecified atom stereocenters. The van der Waals surface area contributed by atoms with Gasteiger partial charge in [-0.1, -0.05) is 24.1 Å². The van der Waals surface area contributed by atoms with Gasteiger partial charge < -0.3 is 5.32 Å². The molecule has 0 aromatic heterocycles. The number of benzene rings is 1. The van der Waals surface area contributed by atoms with E-state index < -0.39 is 0 Å². The molecular weight excluding hydrogens is 268 g/mol. The third-order valence-corrected chi connectivity index (χ3v) is 5.14. The van der Waals surface area contributed by atoms with Crippen LogP contribution in [0.15, 0.2) is 18.2 Å². The second kappa shape index (κ2) is 6.46. The summed E-state index contributed by atoms with van der Waals surface area (Å²) in [6, 6.07) is 7.75. The molecule has 1 N–H and O–H groups in total. The molecular formula is C17H25ClN2. The van der Waals surface area contributed by atoms with E-state index in [1.54, 1.807) is 0 Å². The smallest absolute Gasteiger partial charge is 0.0408 e. The van der Waals surface area contributed by atoms with Gasteiger partial charge in [-0.25, -0.2) is 0 Å². The molecule has 2 atom stereocenters. The lowest BCUT2D eigenvalue weighted by atomic mass is 9.93. The van der Waals surface area contributed by atoms with Crippen LogP contribution in [0.1, 0.15) is 43.2 Å². The van der Waals surface area contributed by atoms with Crippen molar-refractivity contribution < 1.29 is 0 Å². The van der Waals surface area contributed by atoms with Crippen molar-refractivity contribution in [1.82, 2.24) is 10.2 Å². The summed E-state index contributed by atoms with van der Waals surface area (Å²) in [5, 5.41) is 4.55. The summed E-state index contributed by atoms with van der Waals surface area (Å²) < 4.78 is 0. The molecule has 2 aliphatic heterocycles. The predicted octanol–water partition coefficient (Wildman–Crippen LogP) is 3.75. The Balaban J connectivity index is 1.72. The van der Waals surface area contributed by atoms with Gasteiger partial charge in [0.05, 0.1) is 0 Å². The van der Waals surface area contributed by atoms with E-state index in [-0.39, 0.29) is 0 Å². The van der Waals surface area contributed by atoms with E-state index in [0.717, 1.165) is 17.6 Å². The van der Waals surface area contributed by atoms with Gasteiger partial charge in [0.1, 0.15) is 0 Å². The lowest BCUT2D eigenvalue weighted by molar-refractivity contribution is 0.112. The fourth-order valence-electron chi connectivity index (χ4n) is 3.76. The SMILES string of the molecule is Cc1cc(Cl)ccc1CN1CCCCC1C1CCCN1. The fraction of sp³-hybridized carbons (Fsp3) is 0.647. The molecule has 2 saturated heterocycles. The molecule has 2 nitrogen and oxygen atoms in total.